The molecule has 0 radical (unpaired) electrons. The average Bonchev–Trinajstić information content (AvgIpc) is 3.11. The van der Waals surface area contributed by atoms with Gasteiger partial charge in [-0.1, -0.05) is 54.2 Å². The van der Waals surface area contributed by atoms with Crippen molar-refractivity contribution in [3.63, 3.8) is 0 Å². The Labute approximate surface area is 300 Å². The molecule has 0 aliphatic rings. The fourth-order valence-corrected chi connectivity index (χ4v) is 10.8. The number of hydrogen-bond donors (Lipinski definition) is 0. The van der Waals surface area contributed by atoms with Gasteiger partial charge in [0.25, 0.3) is 0 Å². The molecule has 0 aromatic heterocycles. The third-order valence-electron chi connectivity index (χ3n) is 7.44. The molecule has 5 aromatic rings. The molecule has 0 unspecified atom stereocenters. The van der Waals surface area contributed by atoms with Crippen LogP contribution in [0, 0.1) is 11.6 Å². The number of benzene rings is 5. The van der Waals surface area contributed by atoms with Gasteiger partial charge in [0.15, 0.2) is 5.78 Å². The van der Waals surface area contributed by atoms with Gasteiger partial charge >= 0.3 is 33.4 Å². The Balaban J connectivity index is 1.64. The van der Waals surface area contributed by atoms with Crippen molar-refractivity contribution in [3.8, 4) is 0 Å². The number of hydrogen-bond acceptors (Lipinski definition) is 5. The molecule has 0 aliphatic heterocycles. The van der Waals surface area contributed by atoms with Crippen molar-refractivity contribution in [2.75, 3.05) is 0 Å². The minimum absolute atomic E-state index is 0.302. The summed E-state index contributed by atoms with van der Waals surface area (Å²) >= 11 is 1.04. The maximum Gasteiger partial charge on any atom is 0.460 e. The van der Waals surface area contributed by atoms with Crippen molar-refractivity contribution in [1.29, 1.82) is 0 Å². The van der Waals surface area contributed by atoms with Gasteiger partial charge in [-0.15, -0.1) is 0 Å². The van der Waals surface area contributed by atoms with Crippen LogP contribution < -0.4 is 0 Å². The molecule has 53 heavy (non-hydrogen) atoms. The van der Waals surface area contributed by atoms with E-state index in [-0.39, 0.29) is 5.78 Å². The minimum atomic E-state index is -7.62. The van der Waals surface area contributed by atoms with Crippen LogP contribution >= 0.6 is 22.1 Å². The Bertz CT molecular complexity index is 2150. The predicted octanol–water partition coefficient (Wildman–Crippen LogP) is 11.3. The van der Waals surface area contributed by atoms with Crippen molar-refractivity contribution in [1.82, 2.24) is 0 Å². The van der Waals surface area contributed by atoms with Gasteiger partial charge in [-0.3, -0.25) is 4.79 Å². The molecule has 5 aromatic carbocycles. The predicted molar refractivity (Wildman–Crippen MR) is 173 cm³/mol. The average molecular weight is 811 g/mol. The van der Waals surface area contributed by atoms with Crippen molar-refractivity contribution in [2.45, 2.75) is 47.8 Å². The summed E-state index contributed by atoms with van der Waals surface area (Å²) in [6.07, 6.45) is -7.34. The van der Waals surface area contributed by atoms with Crippen molar-refractivity contribution in [2.24, 2.45) is 0 Å². The van der Waals surface area contributed by atoms with E-state index in [4.69, 9.17) is 3.63 Å². The van der Waals surface area contributed by atoms with Crippen molar-refractivity contribution in [3.05, 3.63) is 150 Å². The van der Waals surface area contributed by atoms with E-state index >= 15 is 8.78 Å². The Morgan fingerprint density at radius 3 is 1.45 bits per heavy atom. The lowest BCUT2D eigenvalue weighted by atomic mass is 10.0. The van der Waals surface area contributed by atoms with E-state index in [1.807, 2.05) is 0 Å². The quantitative estimate of drug-likeness (QED) is 0.0928. The lowest BCUT2D eigenvalue weighted by molar-refractivity contribution is -0.382. The summed E-state index contributed by atoms with van der Waals surface area (Å²) < 4.78 is 185. The second kappa shape index (κ2) is 14.4. The van der Waals surface area contributed by atoms with Gasteiger partial charge in [-0.25, -0.2) is 12.4 Å². The fourth-order valence-electron chi connectivity index (χ4n) is 4.77. The maximum absolute atomic E-state index is 15.1. The first kappa shape index (κ1) is 39.8. The molecule has 0 bridgehead atoms. The molecule has 0 heterocycles. The van der Waals surface area contributed by atoms with Gasteiger partial charge in [0.1, 0.15) is 11.6 Å². The third kappa shape index (κ3) is 7.41. The number of rotatable bonds is 12. The molecule has 0 atom stereocenters. The number of carbonyl (C=O) groups is 1. The third-order valence-corrected chi connectivity index (χ3v) is 13.7. The van der Waals surface area contributed by atoms with Crippen LogP contribution in [0.25, 0.3) is 0 Å². The van der Waals surface area contributed by atoms with Gasteiger partial charge in [0.05, 0.1) is 0 Å². The van der Waals surface area contributed by atoms with Crippen molar-refractivity contribution >= 4 is 38.0 Å². The highest BCUT2D eigenvalue weighted by Crippen LogP contribution is 2.71. The van der Waals surface area contributed by atoms with Gasteiger partial charge < -0.3 is 0 Å². The van der Waals surface area contributed by atoms with Crippen LogP contribution in [0.3, 0.4) is 0 Å². The van der Waals surface area contributed by atoms with E-state index in [9.17, 15) is 52.7 Å². The molecular formula is C35H21F11O4S3. The molecule has 0 aliphatic carbocycles. The first-order chi connectivity index (χ1) is 24.6. The number of ketones is 1. The Hall–Kier alpha value is -4.39. The molecule has 280 valence electrons. The molecule has 4 nitrogen and oxygen atoms in total. The first-order valence-electron chi connectivity index (χ1n) is 14.6. The van der Waals surface area contributed by atoms with Gasteiger partial charge in [-0.2, -0.15) is 47.9 Å². The summed E-state index contributed by atoms with van der Waals surface area (Å²) in [4.78, 5) is 12.2. The van der Waals surface area contributed by atoms with Crippen LogP contribution in [0.1, 0.15) is 15.9 Å². The lowest BCUT2D eigenvalue weighted by Crippen LogP contribution is -2.63. The van der Waals surface area contributed by atoms with E-state index in [2.05, 4.69) is 0 Å². The van der Waals surface area contributed by atoms with E-state index in [1.54, 1.807) is 54.6 Å². The number of carbonyl (C=O) groups excluding carboxylic acids is 1. The summed E-state index contributed by atoms with van der Waals surface area (Å²) in [5.41, 5.74) is 0.710. The summed E-state index contributed by atoms with van der Waals surface area (Å²) in [6, 6.07) is 25.1. The monoisotopic (exact) mass is 810 g/mol. The standard InChI is InChI=1S/C35H21F11O4S3/c36-24-9-15-28(16-10-24)52(29-17-11-25(37)12-18-29,50-53(48,49)35(45,46)33(40,41)32(38,39)34(42,43)44)30-19-13-26(14-20-30)51-27-8-4-7-23(21-27)31(47)22-5-2-1-3-6-22/h1-21H. The van der Waals surface area contributed by atoms with E-state index < -0.39 is 70.0 Å². The van der Waals surface area contributed by atoms with Gasteiger partial charge in [0, 0.05) is 35.6 Å². The molecule has 0 saturated heterocycles. The first-order valence-corrected chi connectivity index (χ1v) is 18.4. The maximum atomic E-state index is 15.1. The fraction of sp³-hybridized carbons (Fsp3) is 0.114. The molecule has 0 fully saturated rings. The normalized spacial score (nSPS) is 13.5. The summed E-state index contributed by atoms with van der Waals surface area (Å²) in [5, 5.41) is -7.24. The minimum Gasteiger partial charge on any atom is -0.289 e. The number of halogens is 11. The topological polar surface area (TPSA) is 60.4 Å². The zero-order valence-electron chi connectivity index (χ0n) is 26.1. The summed E-state index contributed by atoms with van der Waals surface area (Å²) in [6.45, 7) is 0. The smallest absolute Gasteiger partial charge is 0.289 e. The van der Waals surface area contributed by atoms with Crippen LogP contribution in [0.2, 0.25) is 0 Å². The number of alkyl halides is 9. The summed E-state index contributed by atoms with van der Waals surface area (Å²) in [5.74, 6) is -17.5. The van der Waals surface area contributed by atoms with Crippen molar-refractivity contribution < 1.29 is 65.1 Å². The Morgan fingerprint density at radius 2 is 0.981 bits per heavy atom. The zero-order chi connectivity index (χ0) is 39.0. The van der Waals surface area contributed by atoms with Crippen LogP contribution in [0.5, 0.6) is 0 Å². The van der Waals surface area contributed by atoms with Crippen LogP contribution in [-0.4, -0.2) is 37.5 Å². The van der Waals surface area contributed by atoms with Gasteiger partial charge in [0.2, 0.25) is 0 Å². The van der Waals surface area contributed by atoms with E-state index in [1.165, 1.54) is 12.1 Å². The van der Waals surface area contributed by atoms with Crippen LogP contribution in [0.15, 0.2) is 152 Å². The highest BCUT2D eigenvalue weighted by Gasteiger charge is 2.86. The molecule has 0 N–H and O–H groups in total. The largest absolute Gasteiger partial charge is 0.460 e. The Kier molecular flexibility index (Phi) is 10.9. The SMILES string of the molecule is O=C(c1ccccc1)c1cccc(Sc2ccc(S(OS(=O)(=O)C(F)(F)C(F)(F)C(F)(F)C(F)(F)F)(c3ccc(F)cc3)c3ccc(F)cc3)cc2)c1. The van der Waals surface area contributed by atoms with Crippen LogP contribution in [0.4, 0.5) is 48.3 Å². The molecule has 0 amide bonds. The molecule has 0 spiro atoms. The summed E-state index contributed by atoms with van der Waals surface area (Å²) in [7, 11) is -12.0. The second-order valence-electron chi connectivity index (χ2n) is 10.9. The lowest BCUT2D eigenvalue weighted by Gasteiger charge is -2.41. The molecular weight excluding hydrogens is 790 g/mol. The molecule has 5 rings (SSSR count). The van der Waals surface area contributed by atoms with Crippen LogP contribution in [-0.2, 0) is 13.7 Å². The Morgan fingerprint density at radius 1 is 0.528 bits per heavy atom. The molecule has 0 saturated carbocycles. The van der Waals surface area contributed by atoms with E-state index in [0.29, 0.717) is 45.2 Å². The highest BCUT2D eigenvalue weighted by atomic mass is 32.3. The van der Waals surface area contributed by atoms with Gasteiger partial charge in [-0.05, 0) is 95.2 Å². The van der Waals surface area contributed by atoms with E-state index in [0.717, 1.165) is 48.2 Å². The zero-order valence-corrected chi connectivity index (χ0v) is 28.6. The second-order valence-corrected chi connectivity index (χ2v) is 16.6. The highest BCUT2D eigenvalue weighted by molar-refractivity contribution is 8.33. The molecule has 18 heteroatoms.